The zero-order valence-corrected chi connectivity index (χ0v) is 21.1. The summed E-state index contributed by atoms with van der Waals surface area (Å²) in [7, 11) is 1.18. The number of ether oxygens (including phenoxy) is 1. The van der Waals surface area contributed by atoms with Crippen molar-refractivity contribution >= 4 is 42.2 Å². The normalized spacial score (nSPS) is 14.0. The number of nitrogens with one attached hydrogen (secondary N) is 4. The molecule has 0 heterocycles. The SMILES string of the molecule is C=C/C=C/[C@@H](O)CC(=O)NC(C)(C)C(=O)N[C@H](CS)C(=O)N[C@@H](C(=O)NCC(=O)OC)C(C)C. The molecule has 4 amide bonds. The summed E-state index contributed by atoms with van der Waals surface area (Å²) in [5.41, 5.74) is -1.41. The molecular weight excluding hydrogens is 464 g/mol. The lowest BCUT2D eigenvalue weighted by Gasteiger charge is -2.29. The van der Waals surface area contributed by atoms with Gasteiger partial charge < -0.3 is 31.1 Å². The molecule has 0 aromatic carbocycles. The number of amides is 4. The number of aliphatic hydroxyl groups is 1. The fourth-order valence-corrected chi connectivity index (χ4v) is 2.84. The highest BCUT2D eigenvalue weighted by Crippen LogP contribution is 2.07. The Morgan fingerprint density at radius 1 is 1.12 bits per heavy atom. The first-order chi connectivity index (χ1) is 15.8. The predicted octanol–water partition coefficient (Wildman–Crippen LogP) is -0.781. The molecule has 0 aliphatic carbocycles. The minimum Gasteiger partial charge on any atom is -0.468 e. The Hall–Kier alpha value is -2.86. The van der Waals surface area contributed by atoms with Gasteiger partial charge in [-0.2, -0.15) is 12.6 Å². The summed E-state index contributed by atoms with van der Waals surface area (Å²) in [6, 6.07) is -2.09. The van der Waals surface area contributed by atoms with E-state index in [0.29, 0.717) is 0 Å². The van der Waals surface area contributed by atoms with Crippen LogP contribution in [0.1, 0.15) is 34.1 Å². The second-order valence-corrected chi connectivity index (χ2v) is 8.66. The van der Waals surface area contributed by atoms with E-state index in [-0.39, 0.29) is 24.6 Å². The topological polar surface area (TPSA) is 163 Å². The highest BCUT2D eigenvalue weighted by molar-refractivity contribution is 7.80. The van der Waals surface area contributed by atoms with E-state index in [1.807, 2.05) is 0 Å². The average Bonchev–Trinajstić information content (AvgIpc) is 2.76. The molecule has 0 bridgehead atoms. The molecule has 12 heteroatoms. The highest BCUT2D eigenvalue weighted by Gasteiger charge is 2.34. The van der Waals surface area contributed by atoms with Crippen LogP contribution in [0.15, 0.2) is 24.8 Å². The molecule has 0 aromatic heterocycles. The Morgan fingerprint density at radius 2 is 1.74 bits per heavy atom. The van der Waals surface area contributed by atoms with Crippen molar-refractivity contribution in [2.45, 2.75) is 57.8 Å². The number of carbonyl (C=O) groups excluding carboxylic acids is 5. The van der Waals surface area contributed by atoms with Gasteiger partial charge in [0.15, 0.2) is 0 Å². The molecule has 3 atom stereocenters. The van der Waals surface area contributed by atoms with E-state index in [0.717, 1.165) is 0 Å². The van der Waals surface area contributed by atoms with Crippen LogP contribution in [0.25, 0.3) is 0 Å². The van der Waals surface area contributed by atoms with Crippen molar-refractivity contribution in [1.29, 1.82) is 0 Å². The molecule has 0 aliphatic rings. The Bertz CT molecular complexity index is 783. The summed E-state index contributed by atoms with van der Waals surface area (Å²) in [5.74, 6) is -3.54. The van der Waals surface area contributed by atoms with E-state index in [4.69, 9.17) is 0 Å². The van der Waals surface area contributed by atoms with Gasteiger partial charge in [-0.05, 0) is 19.8 Å². The second kappa shape index (κ2) is 15.1. The van der Waals surface area contributed by atoms with E-state index in [1.54, 1.807) is 13.8 Å². The van der Waals surface area contributed by atoms with Crippen LogP contribution in [-0.2, 0) is 28.7 Å². The van der Waals surface area contributed by atoms with Crippen molar-refractivity contribution in [1.82, 2.24) is 21.3 Å². The fourth-order valence-electron chi connectivity index (χ4n) is 2.58. The van der Waals surface area contributed by atoms with Gasteiger partial charge in [0, 0.05) is 5.75 Å². The first-order valence-electron chi connectivity index (χ1n) is 10.6. The number of thiol groups is 1. The Labute approximate surface area is 205 Å². The van der Waals surface area contributed by atoms with Crippen LogP contribution in [0, 0.1) is 5.92 Å². The number of hydrogen-bond donors (Lipinski definition) is 6. The lowest BCUT2D eigenvalue weighted by atomic mass is 10.0. The average molecular weight is 501 g/mol. The number of hydrogen-bond acceptors (Lipinski definition) is 8. The largest absolute Gasteiger partial charge is 0.468 e. The van der Waals surface area contributed by atoms with Crippen LogP contribution in [-0.4, -0.2) is 77.8 Å². The summed E-state index contributed by atoms with van der Waals surface area (Å²) in [6.07, 6.45) is 3.01. The van der Waals surface area contributed by atoms with Gasteiger partial charge in [0.2, 0.25) is 23.6 Å². The quantitative estimate of drug-likeness (QED) is 0.103. The Kier molecular flexibility index (Phi) is 13.8. The monoisotopic (exact) mass is 500 g/mol. The summed E-state index contributed by atoms with van der Waals surface area (Å²) in [4.78, 5) is 61.3. The summed E-state index contributed by atoms with van der Waals surface area (Å²) in [6.45, 7) is 9.40. The van der Waals surface area contributed by atoms with Crippen LogP contribution < -0.4 is 21.3 Å². The van der Waals surface area contributed by atoms with Gasteiger partial charge in [-0.3, -0.25) is 24.0 Å². The minimum absolute atomic E-state index is 0.0821. The van der Waals surface area contributed by atoms with E-state index >= 15 is 0 Å². The summed E-state index contributed by atoms with van der Waals surface area (Å²) < 4.78 is 4.47. The van der Waals surface area contributed by atoms with Gasteiger partial charge in [-0.1, -0.05) is 38.7 Å². The molecule has 0 rings (SSSR count). The smallest absolute Gasteiger partial charge is 0.325 e. The number of methoxy groups -OCH3 is 1. The first-order valence-corrected chi connectivity index (χ1v) is 11.3. The maximum absolute atomic E-state index is 12.7. The third-order valence-electron chi connectivity index (χ3n) is 4.57. The fraction of sp³-hybridized carbons (Fsp3) is 0.591. The van der Waals surface area contributed by atoms with Gasteiger partial charge >= 0.3 is 5.97 Å². The molecular formula is C22H36N4O7S. The molecule has 0 saturated heterocycles. The van der Waals surface area contributed by atoms with Crippen molar-refractivity contribution in [2.24, 2.45) is 5.92 Å². The number of esters is 1. The van der Waals surface area contributed by atoms with E-state index in [2.05, 4.69) is 45.2 Å². The van der Waals surface area contributed by atoms with Gasteiger partial charge in [0.05, 0.1) is 19.6 Å². The predicted molar refractivity (Wildman–Crippen MR) is 130 cm³/mol. The maximum Gasteiger partial charge on any atom is 0.325 e. The van der Waals surface area contributed by atoms with Crippen LogP contribution in [0.4, 0.5) is 0 Å². The van der Waals surface area contributed by atoms with Gasteiger partial charge in [0.1, 0.15) is 24.2 Å². The lowest BCUT2D eigenvalue weighted by molar-refractivity contribution is -0.141. The third-order valence-corrected chi connectivity index (χ3v) is 4.93. The number of allylic oxidation sites excluding steroid dienone is 2. The van der Waals surface area contributed by atoms with Crippen molar-refractivity contribution < 1.29 is 33.8 Å². The highest BCUT2D eigenvalue weighted by atomic mass is 32.1. The van der Waals surface area contributed by atoms with E-state index < -0.39 is 53.3 Å². The second-order valence-electron chi connectivity index (χ2n) is 8.30. The molecule has 0 fully saturated rings. The first kappa shape index (κ1) is 31.1. The number of rotatable bonds is 14. The maximum atomic E-state index is 12.7. The van der Waals surface area contributed by atoms with Crippen molar-refractivity contribution in [3.8, 4) is 0 Å². The molecule has 5 N–H and O–H groups in total. The number of carbonyl (C=O) groups is 5. The van der Waals surface area contributed by atoms with Crippen LogP contribution >= 0.6 is 12.6 Å². The zero-order chi connectivity index (χ0) is 26.5. The third kappa shape index (κ3) is 11.3. The molecule has 0 aliphatic heterocycles. The van der Waals surface area contributed by atoms with Gasteiger partial charge in [0.25, 0.3) is 0 Å². The summed E-state index contributed by atoms with van der Waals surface area (Å²) in [5, 5.41) is 19.7. The van der Waals surface area contributed by atoms with E-state index in [1.165, 1.54) is 39.2 Å². The Morgan fingerprint density at radius 3 is 2.24 bits per heavy atom. The van der Waals surface area contributed by atoms with Gasteiger partial charge in [-0.25, -0.2) is 0 Å². The molecule has 34 heavy (non-hydrogen) atoms. The zero-order valence-electron chi connectivity index (χ0n) is 20.2. The van der Waals surface area contributed by atoms with E-state index in [9.17, 15) is 29.1 Å². The molecule has 192 valence electrons. The van der Waals surface area contributed by atoms with Crippen molar-refractivity contribution in [3.63, 3.8) is 0 Å². The van der Waals surface area contributed by atoms with Gasteiger partial charge in [-0.15, -0.1) is 0 Å². The molecule has 0 radical (unpaired) electrons. The molecule has 0 saturated carbocycles. The standard InChI is InChI=1S/C22H36N4O7S/c1-7-8-9-14(27)10-16(28)26-22(4,5)21(32)24-15(12-34)19(30)25-18(13(2)3)20(31)23-11-17(29)33-6/h7-9,13-15,18,27,34H,1,10-12H2,2-6H3,(H,23,31)(H,24,32)(H,25,30)(H,26,28)/b9-8+/t14-,15-,18-/m1/s1. The Balaban J connectivity index is 5.12. The van der Waals surface area contributed by atoms with Crippen LogP contribution in [0.5, 0.6) is 0 Å². The van der Waals surface area contributed by atoms with Crippen molar-refractivity contribution in [3.05, 3.63) is 24.8 Å². The van der Waals surface area contributed by atoms with Crippen LogP contribution in [0.2, 0.25) is 0 Å². The molecule has 11 nitrogen and oxygen atoms in total. The molecule has 0 aromatic rings. The molecule has 0 spiro atoms. The van der Waals surface area contributed by atoms with Crippen molar-refractivity contribution in [2.75, 3.05) is 19.4 Å². The summed E-state index contributed by atoms with van der Waals surface area (Å²) >= 11 is 4.11. The lowest BCUT2D eigenvalue weighted by Crippen LogP contribution is -2.61. The minimum atomic E-state index is -1.41. The number of aliphatic hydroxyl groups excluding tert-OH is 1. The molecule has 0 unspecified atom stereocenters. The van der Waals surface area contributed by atoms with Crippen LogP contribution in [0.3, 0.4) is 0 Å².